The summed E-state index contributed by atoms with van der Waals surface area (Å²) >= 11 is 0. The highest BCUT2D eigenvalue weighted by Gasteiger charge is 2.24. The van der Waals surface area contributed by atoms with E-state index in [1.165, 1.54) is 18.2 Å². The van der Waals surface area contributed by atoms with Crippen LogP contribution in [0.3, 0.4) is 0 Å². The zero-order valence-corrected chi connectivity index (χ0v) is 12.8. The lowest BCUT2D eigenvalue weighted by Crippen LogP contribution is -2.16. The molecule has 2 aromatic rings. The standard InChI is InChI=1S/C15H19FN2O3/c1-9(2)20-10-6-7-11(16)12(8-10)18-14(19)21-13(17-18)15(3,4)5/h6-9H,1-5H3. The maximum atomic E-state index is 14.0. The van der Waals surface area contributed by atoms with Gasteiger partial charge in [0, 0.05) is 11.5 Å². The summed E-state index contributed by atoms with van der Waals surface area (Å²) in [6, 6.07) is 4.19. The molecule has 0 aliphatic rings. The third-order valence-corrected chi connectivity index (χ3v) is 2.71. The van der Waals surface area contributed by atoms with E-state index in [4.69, 9.17) is 9.15 Å². The Morgan fingerprint density at radius 1 is 1.33 bits per heavy atom. The van der Waals surface area contributed by atoms with E-state index >= 15 is 0 Å². The molecule has 0 fully saturated rings. The van der Waals surface area contributed by atoms with Crippen molar-refractivity contribution in [2.45, 2.75) is 46.1 Å². The Bertz CT molecular complexity index is 696. The number of halogens is 1. The van der Waals surface area contributed by atoms with Crippen LogP contribution in [0, 0.1) is 5.82 Å². The lowest BCUT2D eigenvalue weighted by Gasteiger charge is -2.12. The molecular weight excluding hydrogens is 275 g/mol. The van der Waals surface area contributed by atoms with Crippen LogP contribution in [0.5, 0.6) is 5.75 Å². The Morgan fingerprint density at radius 3 is 2.52 bits per heavy atom. The minimum absolute atomic E-state index is 0.0115. The number of hydrogen-bond donors (Lipinski definition) is 0. The van der Waals surface area contributed by atoms with Crippen molar-refractivity contribution < 1.29 is 13.5 Å². The largest absolute Gasteiger partial charge is 0.491 e. The third-order valence-electron chi connectivity index (χ3n) is 2.71. The van der Waals surface area contributed by atoms with Crippen molar-refractivity contribution in [3.8, 4) is 11.4 Å². The summed E-state index contributed by atoms with van der Waals surface area (Å²) in [5.41, 5.74) is -0.426. The van der Waals surface area contributed by atoms with Crippen LogP contribution in [0.25, 0.3) is 5.69 Å². The van der Waals surface area contributed by atoms with E-state index in [-0.39, 0.29) is 17.7 Å². The summed E-state index contributed by atoms with van der Waals surface area (Å²) in [5, 5.41) is 4.07. The Hall–Kier alpha value is -2.11. The first-order chi connectivity index (χ1) is 9.68. The van der Waals surface area contributed by atoms with Gasteiger partial charge in [0.1, 0.15) is 17.3 Å². The average molecular weight is 294 g/mol. The van der Waals surface area contributed by atoms with Gasteiger partial charge in [-0.2, -0.15) is 4.68 Å². The van der Waals surface area contributed by atoms with Crippen LogP contribution in [0.2, 0.25) is 0 Å². The molecule has 1 heterocycles. The summed E-state index contributed by atoms with van der Waals surface area (Å²) < 4.78 is 25.5. The van der Waals surface area contributed by atoms with Crippen LogP contribution < -0.4 is 10.5 Å². The van der Waals surface area contributed by atoms with Crippen molar-refractivity contribution in [3.05, 3.63) is 40.5 Å². The van der Waals surface area contributed by atoms with Gasteiger partial charge in [-0.15, -0.1) is 5.10 Å². The van der Waals surface area contributed by atoms with Crippen molar-refractivity contribution in [3.63, 3.8) is 0 Å². The van der Waals surface area contributed by atoms with Crippen molar-refractivity contribution in [2.75, 3.05) is 0 Å². The molecule has 0 aliphatic carbocycles. The van der Waals surface area contributed by atoms with E-state index < -0.39 is 17.0 Å². The molecule has 114 valence electrons. The maximum Gasteiger partial charge on any atom is 0.442 e. The lowest BCUT2D eigenvalue weighted by atomic mass is 9.97. The van der Waals surface area contributed by atoms with E-state index in [9.17, 15) is 9.18 Å². The zero-order chi connectivity index (χ0) is 15.8. The minimum Gasteiger partial charge on any atom is -0.491 e. The number of rotatable bonds is 3. The van der Waals surface area contributed by atoms with Crippen LogP contribution in [-0.4, -0.2) is 15.9 Å². The van der Waals surface area contributed by atoms with Gasteiger partial charge in [0.15, 0.2) is 0 Å². The highest BCUT2D eigenvalue weighted by atomic mass is 19.1. The van der Waals surface area contributed by atoms with Gasteiger partial charge < -0.3 is 9.15 Å². The van der Waals surface area contributed by atoms with Crippen LogP contribution in [0.4, 0.5) is 4.39 Å². The van der Waals surface area contributed by atoms with E-state index in [1.54, 1.807) is 0 Å². The lowest BCUT2D eigenvalue weighted by molar-refractivity contribution is 0.242. The first-order valence-electron chi connectivity index (χ1n) is 6.75. The van der Waals surface area contributed by atoms with Crippen molar-refractivity contribution >= 4 is 0 Å². The molecule has 0 atom stereocenters. The molecule has 0 spiro atoms. The Morgan fingerprint density at radius 2 is 2.00 bits per heavy atom. The summed E-state index contributed by atoms with van der Waals surface area (Å²) in [6.07, 6.45) is -0.0533. The van der Waals surface area contributed by atoms with E-state index in [0.717, 1.165) is 4.68 Å². The Labute approximate surface area is 122 Å². The molecule has 2 rings (SSSR count). The summed E-state index contributed by atoms with van der Waals surface area (Å²) in [4.78, 5) is 11.9. The Balaban J connectivity index is 2.51. The fourth-order valence-corrected chi connectivity index (χ4v) is 1.73. The molecule has 0 saturated carbocycles. The smallest absolute Gasteiger partial charge is 0.442 e. The van der Waals surface area contributed by atoms with Gasteiger partial charge in [0.2, 0.25) is 5.89 Å². The number of benzene rings is 1. The summed E-state index contributed by atoms with van der Waals surface area (Å²) in [6.45, 7) is 9.30. The second-order valence-corrected chi connectivity index (χ2v) is 6.11. The molecule has 0 N–H and O–H groups in total. The van der Waals surface area contributed by atoms with Crippen molar-refractivity contribution in [1.29, 1.82) is 0 Å². The monoisotopic (exact) mass is 294 g/mol. The van der Waals surface area contributed by atoms with E-state index in [0.29, 0.717) is 5.75 Å². The highest BCUT2D eigenvalue weighted by Crippen LogP contribution is 2.23. The molecular formula is C15H19FN2O3. The molecule has 0 amide bonds. The first kappa shape index (κ1) is 15.3. The number of aromatic nitrogens is 2. The van der Waals surface area contributed by atoms with Gasteiger partial charge in [-0.1, -0.05) is 20.8 Å². The SMILES string of the molecule is CC(C)Oc1ccc(F)c(-n2nc(C(C)(C)C)oc2=O)c1. The second kappa shape index (κ2) is 5.35. The van der Waals surface area contributed by atoms with Crippen LogP contribution in [0.15, 0.2) is 27.4 Å². The molecule has 21 heavy (non-hydrogen) atoms. The quantitative estimate of drug-likeness (QED) is 0.873. The molecule has 1 aromatic carbocycles. The highest BCUT2D eigenvalue weighted by molar-refractivity contribution is 5.39. The van der Waals surface area contributed by atoms with Crippen LogP contribution >= 0.6 is 0 Å². The fraction of sp³-hybridized carbons (Fsp3) is 0.467. The van der Waals surface area contributed by atoms with Gasteiger partial charge in [-0.05, 0) is 26.0 Å². The van der Waals surface area contributed by atoms with Gasteiger partial charge in [-0.25, -0.2) is 9.18 Å². The normalized spacial score (nSPS) is 12.0. The molecule has 1 aromatic heterocycles. The second-order valence-electron chi connectivity index (χ2n) is 6.11. The molecule has 6 heteroatoms. The van der Waals surface area contributed by atoms with E-state index in [2.05, 4.69) is 5.10 Å². The van der Waals surface area contributed by atoms with Gasteiger partial charge in [0.05, 0.1) is 6.10 Å². The Kier molecular flexibility index (Phi) is 3.89. The fourth-order valence-electron chi connectivity index (χ4n) is 1.73. The predicted molar refractivity (Wildman–Crippen MR) is 76.5 cm³/mol. The predicted octanol–water partition coefficient (Wildman–Crippen LogP) is 3.05. The zero-order valence-electron chi connectivity index (χ0n) is 12.8. The summed E-state index contributed by atoms with van der Waals surface area (Å²) in [5.74, 6) is -0.571. The molecule has 0 unspecified atom stereocenters. The van der Waals surface area contributed by atoms with Crippen molar-refractivity contribution in [1.82, 2.24) is 9.78 Å². The molecule has 0 saturated heterocycles. The first-order valence-corrected chi connectivity index (χ1v) is 6.75. The summed E-state index contributed by atoms with van der Waals surface area (Å²) in [7, 11) is 0. The number of ether oxygens (including phenoxy) is 1. The van der Waals surface area contributed by atoms with Gasteiger partial charge in [-0.3, -0.25) is 0 Å². The van der Waals surface area contributed by atoms with Gasteiger partial charge in [0.25, 0.3) is 0 Å². The van der Waals surface area contributed by atoms with Crippen molar-refractivity contribution in [2.24, 2.45) is 0 Å². The van der Waals surface area contributed by atoms with Crippen LogP contribution in [-0.2, 0) is 5.41 Å². The minimum atomic E-state index is -0.722. The molecule has 5 nitrogen and oxygen atoms in total. The average Bonchev–Trinajstić information content (AvgIpc) is 2.73. The molecule has 0 bridgehead atoms. The molecule has 0 aliphatic heterocycles. The topological polar surface area (TPSA) is 57.3 Å². The third kappa shape index (κ3) is 3.32. The maximum absolute atomic E-state index is 14.0. The van der Waals surface area contributed by atoms with E-state index in [1.807, 2.05) is 34.6 Å². The van der Waals surface area contributed by atoms with Crippen LogP contribution in [0.1, 0.15) is 40.5 Å². The number of nitrogens with zero attached hydrogens (tertiary/aromatic N) is 2. The van der Waals surface area contributed by atoms with Gasteiger partial charge >= 0.3 is 5.76 Å². The number of hydrogen-bond acceptors (Lipinski definition) is 4. The molecule has 0 radical (unpaired) electrons.